The second kappa shape index (κ2) is 6.38. The van der Waals surface area contributed by atoms with Gasteiger partial charge in [0.25, 0.3) is 0 Å². The topological polar surface area (TPSA) is 120 Å². The SMILES string of the molecule is Nc1nc2c(ncn2CCCc2ccc(O)cc2)c2nc(-c3ccco3)nn12. The summed E-state index contributed by atoms with van der Waals surface area (Å²) < 4.78 is 8.81. The van der Waals surface area contributed by atoms with Crippen LogP contribution in [-0.2, 0) is 13.0 Å². The fourth-order valence-corrected chi connectivity index (χ4v) is 3.22. The molecule has 0 saturated heterocycles. The number of anilines is 1. The minimum absolute atomic E-state index is 0.244. The van der Waals surface area contributed by atoms with Crippen molar-refractivity contribution in [3.63, 3.8) is 0 Å². The number of hydrogen-bond donors (Lipinski definition) is 2. The lowest BCUT2D eigenvalue weighted by Gasteiger charge is -2.05. The number of hydrogen-bond acceptors (Lipinski definition) is 7. The van der Waals surface area contributed by atoms with Crippen molar-refractivity contribution >= 4 is 22.8 Å². The smallest absolute Gasteiger partial charge is 0.225 e. The van der Waals surface area contributed by atoms with E-state index in [2.05, 4.69) is 20.1 Å². The second-order valence-electron chi connectivity index (χ2n) is 6.50. The number of phenols is 1. The summed E-state index contributed by atoms with van der Waals surface area (Å²) in [5, 5.41) is 13.8. The van der Waals surface area contributed by atoms with Gasteiger partial charge >= 0.3 is 0 Å². The first-order valence-electron chi connectivity index (χ1n) is 8.88. The molecular formula is C19H17N7O2. The largest absolute Gasteiger partial charge is 0.508 e. The van der Waals surface area contributed by atoms with E-state index in [9.17, 15) is 5.11 Å². The van der Waals surface area contributed by atoms with Crippen LogP contribution in [0.3, 0.4) is 0 Å². The van der Waals surface area contributed by atoms with Gasteiger partial charge in [-0.25, -0.2) is 9.97 Å². The van der Waals surface area contributed by atoms with E-state index < -0.39 is 0 Å². The van der Waals surface area contributed by atoms with Crippen LogP contribution >= 0.6 is 0 Å². The number of rotatable bonds is 5. The van der Waals surface area contributed by atoms with Gasteiger partial charge in [0.2, 0.25) is 11.8 Å². The third kappa shape index (κ3) is 2.73. The van der Waals surface area contributed by atoms with Crippen molar-refractivity contribution in [3.8, 4) is 17.3 Å². The molecule has 140 valence electrons. The minimum atomic E-state index is 0.244. The van der Waals surface area contributed by atoms with Gasteiger partial charge in [-0.05, 0) is 42.7 Å². The summed E-state index contributed by atoms with van der Waals surface area (Å²) in [5.41, 5.74) is 9.13. The summed E-state index contributed by atoms with van der Waals surface area (Å²) in [6.07, 6.45) is 5.09. The number of imidazole rings is 1. The van der Waals surface area contributed by atoms with Gasteiger partial charge < -0.3 is 19.8 Å². The third-order valence-corrected chi connectivity index (χ3v) is 4.61. The lowest BCUT2D eigenvalue weighted by atomic mass is 10.1. The molecule has 5 rings (SSSR count). The number of nitrogens with two attached hydrogens (primary N) is 1. The Labute approximate surface area is 159 Å². The molecule has 0 amide bonds. The van der Waals surface area contributed by atoms with E-state index in [4.69, 9.17) is 10.2 Å². The zero-order valence-electron chi connectivity index (χ0n) is 14.9. The lowest BCUT2D eigenvalue weighted by Crippen LogP contribution is -2.05. The summed E-state index contributed by atoms with van der Waals surface area (Å²) >= 11 is 0. The number of aryl methyl sites for hydroxylation is 2. The van der Waals surface area contributed by atoms with Crippen LogP contribution in [0.2, 0.25) is 0 Å². The summed E-state index contributed by atoms with van der Waals surface area (Å²) in [4.78, 5) is 13.5. The molecule has 1 aromatic carbocycles. The van der Waals surface area contributed by atoms with Crippen molar-refractivity contribution in [2.75, 3.05) is 5.73 Å². The Morgan fingerprint density at radius 3 is 2.71 bits per heavy atom. The Morgan fingerprint density at radius 2 is 1.93 bits per heavy atom. The zero-order valence-corrected chi connectivity index (χ0v) is 14.9. The monoisotopic (exact) mass is 375 g/mol. The highest BCUT2D eigenvalue weighted by atomic mass is 16.3. The van der Waals surface area contributed by atoms with E-state index in [0.29, 0.717) is 28.4 Å². The van der Waals surface area contributed by atoms with Crippen LogP contribution in [0.1, 0.15) is 12.0 Å². The second-order valence-corrected chi connectivity index (χ2v) is 6.50. The molecular weight excluding hydrogens is 358 g/mol. The number of nitrogen functional groups attached to an aromatic ring is 1. The molecule has 9 nitrogen and oxygen atoms in total. The van der Waals surface area contributed by atoms with Crippen LogP contribution in [0.25, 0.3) is 28.4 Å². The number of phenolic OH excluding ortho intramolecular Hbond substituents is 1. The van der Waals surface area contributed by atoms with E-state index in [1.165, 1.54) is 4.52 Å². The van der Waals surface area contributed by atoms with Gasteiger partial charge in [-0.15, -0.1) is 5.10 Å². The highest BCUT2D eigenvalue weighted by Gasteiger charge is 2.17. The normalized spacial score (nSPS) is 11.6. The van der Waals surface area contributed by atoms with Crippen molar-refractivity contribution in [1.29, 1.82) is 0 Å². The molecule has 0 unspecified atom stereocenters. The molecule has 9 heteroatoms. The summed E-state index contributed by atoms with van der Waals surface area (Å²) in [7, 11) is 0. The number of nitrogens with zero attached hydrogens (tertiary/aromatic N) is 6. The predicted molar refractivity (Wildman–Crippen MR) is 103 cm³/mol. The average Bonchev–Trinajstić information content (AvgIpc) is 3.42. The Bertz CT molecular complexity index is 1250. The zero-order chi connectivity index (χ0) is 19.1. The number of furan rings is 1. The maximum atomic E-state index is 9.37. The molecule has 4 heterocycles. The Kier molecular flexibility index (Phi) is 3.71. The molecule has 4 aromatic heterocycles. The fourth-order valence-electron chi connectivity index (χ4n) is 3.22. The van der Waals surface area contributed by atoms with Crippen LogP contribution in [0.5, 0.6) is 5.75 Å². The Morgan fingerprint density at radius 1 is 1.07 bits per heavy atom. The highest BCUT2D eigenvalue weighted by molar-refractivity contribution is 5.87. The molecule has 0 aliphatic heterocycles. The maximum Gasteiger partial charge on any atom is 0.225 e. The van der Waals surface area contributed by atoms with Crippen LogP contribution in [0, 0.1) is 0 Å². The molecule has 0 bridgehead atoms. The maximum absolute atomic E-state index is 9.37. The van der Waals surface area contributed by atoms with Gasteiger partial charge in [0.05, 0.1) is 12.6 Å². The van der Waals surface area contributed by atoms with Gasteiger partial charge in [-0.3, -0.25) is 0 Å². The van der Waals surface area contributed by atoms with Crippen molar-refractivity contribution in [1.82, 2.24) is 29.1 Å². The van der Waals surface area contributed by atoms with E-state index >= 15 is 0 Å². The van der Waals surface area contributed by atoms with Crippen molar-refractivity contribution < 1.29 is 9.52 Å². The van der Waals surface area contributed by atoms with E-state index in [1.54, 1.807) is 36.9 Å². The number of aromatic hydroxyl groups is 1. The lowest BCUT2D eigenvalue weighted by molar-refractivity contribution is 0.475. The highest BCUT2D eigenvalue weighted by Crippen LogP contribution is 2.23. The van der Waals surface area contributed by atoms with Crippen LogP contribution in [0.15, 0.2) is 53.4 Å². The first-order chi connectivity index (χ1) is 13.7. The molecule has 0 atom stereocenters. The summed E-state index contributed by atoms with van der Waals surface area (Å²) in [6.45, 7) is 0.735. The predicted octanol–water partition coefficient (Wildman–Crippen LogP) is 2.65. The van der Waals surface area contributed by atoms with Crippen LogP contribution in [-0.4, -0.2) is 34.2 Å². The molecule has 28 heavy (non-hydrogen) atoms. The van der Waals surface area contributed by atoms with Gasteiger partial charge in [-0.2, -0.15) is 9.50 Å². The van der Waals surface area contributed by atoms with Gasteiger partial charge in [0.1, 0.15) is 5.75 Å². The first-order valence-corrected chi connectivity index (χ1v) is 8.88. The van der Waals surface area contributed by atoms with Crippen molar-refractivity contribution in [2.45, 2.75) is 19.4 Å². The van der Waals surface area contributed by atoms with E-state index in [1.807, 2.05) is 16.7 Å². The van der Waals surface area contributed by atoms with Gasteiger partial charge in [0.15, 0.2) is 22.6 Å². The van der Waals surface area contributed by atoms with Crippen LogP contribution in [0.4, 0.5) is 5.95 Å². The number of aromatic nitrogens is 6. The van der Waals surface area contributed by atoms with Gasteiger partial charge in [0, 0.05) is 6.54 Å². The third-order valence-electron chi connectivity index (χ3n) is 4.61. The van der Waals surface area contributed by atoms with Crippen molar-refractivity contribution in [2.24, 2.45) is 0 Å². The standard InChI is InChI=1S/C19H17N7O2/c20-19-23-17-15(18-22-16(24-26(18)19)14-4-2-10-28-14)21-11-25(17)9-1-3-12-5-7-13(27)8-6-12/h2,4-8,10-11,27H,1,3,9H2,(H2,20,23). The molecule has 0 aliphatic carbocycles. The van der Waals surface area contributed by atoms with Crippen molar-refractivity contribution in [3.05, 3.63) is 54.6 Å². The van der Waals surface area contributed by atoms with Crippen LogP contribution < -0.4 is 5.73 Å². The number of benzene rings is 1. The molecule has 0 fully saturated rings. The number of fused-ring (bicyclic) bond motifs is 3. The summed E-state index contributed by atoms with van der Waals surface area (Å²) in [5.74, 6) is 1.51. The molecule has 0 radical (unpaired) electrons. The van der Waals surface area contributed by atoms with Gasteiger partial charge in [-0.1, -0.05) is 12.1 Å². The fraction of sp³-hybridized carbons (Fsp3) is 0.158. The molecule has 0 aliphatic rings. The first kappa shape index (κ1) is 16.3. The quantitative estimate of drug-likeness (QED) is 0.484. The molecule has 5 aromatic rings. The van der Waals surface area contributed by atoms with E-state index in [0.717, 1.165) is 24.9 Å². The molecule has 0 spiro atoms. The molecule has 0 saturated carbocycles. The van der Waals surface area contributed by atoms with E-state index in [-0.39, 0.29) is 11.7 Å². The Hall–Kier alpha value is -3.88. The molecule has 3 N–H and O–H groups in total. The minimum Gasteiger partial charge on any atom is -0.508 e. The summed E-state index contributed by atoms with van der Waals surface area (Å²) in [6, 6.07) is 10.8. The average molecular weight is 375 g/mol. The Balaban J connectivity index is 1.45.